The quantitative estimate of drug-likeness (QED) is 0.172. The van der Waals surface area contributed by atoms with Crippen molar-refractivity contribution in [2.24, 2.45) is 5.16 Å². The minimum absolute atomic E-state index is 0.118. The summed E-state index contributed by atoms with van der Waals surface area (Å²) in [6, 6.07) is 19.5. The lowest BCUT2D eigenvalue weighted by Crippen LogP contribution is -1.96. The molecule has 9 nitrogen and oxygen atoms in total. The van der Waals surface area contributed by atoms with Crippen LogP contribution < -0.4 is 9.47 Å². The molecule has 4 aromatic heterocycles. The van der Waals surface area contributed by atoms with Crippen LogP contribution in [0.25, 0.3) is 39.2 Å². The zero-order valence-electron chi connectivity index (χ0n) is 20.9. The van der Waals surface area contributed by atoms with Crippen LogP contribution in [0.5, 0.6) is 11.5 Å². The van der Waals surface area contributed by atoms with Gasteiger partial charge in [-0.2, -0.15) is 0 Å². The maximum Gasteiger partial charge on any atom is 0.232 e. The number of hydrogen-bond donors (Lipinski definition) is 0. The van der Waals surface area contributed by atoms with E-state index in [2.05, 4.69) is 15.2 Å². The Hall–Kier alpha value is -4.70. The molecule has 190 valence electrons. The normalized spacial score (nSPS) is 11.8. The van der Waals surface area contributed by atoms with Crippen molar-refractivity contribution in [3.63, 3.8) is 0 Å². The maximum absolute atomic E-state index is 6.32. The average molecular weight is 526 g/mol. The molecule has 0 aliphatic rings. The Morgan fingerprint density at radius 2 is 1.68 bits per heavy atom. The summed E-state index contributed by atoms with van der Waals surface area (Å²) >= 11 is 1.61. The van der Waals surface area contributed by atoms with E-state index in [0.717, 1.165) is 44.2 Å². The van der Waals surface area contributed by atoms with E-state index in [1.165, 1.54) is 0 Å². The number of aromatic nitrogens is 4. The Balaban J connectivity index is 1.45. The van der Waals surface area contributed by atoms with E-state index in [9.17, 15) is 0 Å². The van der Waals surface area contributed by atoms with Gasteiger partial charge in [-0.05, 0) is 60.3 Å². The van der Waals surface area contributed by atoms with Gasteiger partial charge in [0, 0.05) is 11.1 Å². The molecule has 6 aromatic rings. The van der Waals surface area contributed by atoms with Gasteiger partial charge in [0.2, 0.25) is 5.71 Å². The van der Waals surface area contributed by atoms with E-state index in [-0.39, 0.29) is 6.61 Å². The molecule has 0 fully saturated rings. The summed E-state index contributed by atoms with van der Waals surface area (Å²) in [4.78, 5) is 15.9. The molecule has 10 heteroatoms. The maximum atomic E-state index is 6.32. The van der Waals surface area contributed by atoms with Gasteiger partial charge >= 0.3 is 0 Å². The molecule has 6 rings (SSSR count). The molecule has 2 aromatic carbocycles. The van der Waals surface area contributed by atoms with Crippen LogP contribution in [-0.4, -0.2) is 39.5 Å². The molecule has 0 spiro atoms. The summed E-state index contributed by atoms with van der Waals surface area (Å²) in [6.07, 6.45) is 1.59. The smallest absolute Gasteiger partial charge is 0.232 e. The highest BCUT2D eigenvalue weighted by molar-refractivity contribution is 7.12. The van der Waals surface area contributed by atoms with Gasteiger partial charge in [0.25, 0.3) is 0 Å². The molecule has 0 unspecified atom stereocenters. The summed E-state index contributed by atoms with van der Waals surface area (Å²) in [5.41, 5.74) is 4.55. The minimum Gasteiger partial charge on any atom is -0.497 e. The molecule has 0 N–H and O–H groups in total. The number of nitrogens with zero attached hydrogens (tertiary/aromatic N) is 5. The largest absolute Gasteiger partial charge is 0.497 e. The van der Waals surface area contributed by atoms with E-state index >= 15 is 0 Å². The molecule has 0 radical (unpaired) electrons. The lowest BCUT2D eigenvalue weighted by Gasteiger charge is -2.06. The van der Waals surface area contributed by atoms with E-state index < -0.39 is 0 Å². The molecular formula is C28H23N5O4S. The van der Waals surface area contributed by atoms with E-state index in [1.54, 1.807) is 36.4 Å². The van der Waals surface area contributed by atoms with Gasteiger partial charge in [-0.3, -0.25) is 0 Å². The molecule has 38 heavy (non-hydrogen) atoms. The highest BCUT2D eigenvalue weighted by Crippen LogP contribution is 2.42. The fourth-order valence-corrected chi connectivity index (χ4v) is 4.87. The molecule has 0 saturated carbocycles. The van der Waals surface area contributed by atoms with Gasteiger partial charge in [0.05, 0.1) is 30.2 Å². The van der Waals surface area contributed by atoms with E-state index in [1.807, 2.05) is 73.0 Å². The van der Waals surface area contributed by atoms with Crippen LogP contribution in [0.3, 0.4) is 0 Å². The van der Waals surface area contributed by atoms with Gasteiger partial charge in [0.15, 0.2) is 18.1 Å². The van der Waals surface area contributed by atoms with Crippen LogP contribution in [0.1, 0.15) is 17.6 Å². The van der Waals surface area contributed by atoms with Crippen molar-refractivity contribution in [3.8, 4) is 33.9 Å². The van der Waals surface area contributed by atoms with Crippen molar-refractivity contribution in [2.75, 3.05) is 14.2 Å². The summed E-state index contributed by atoms with van der Waals surface area (Å²) in [5, 5.41) is 11.5. The van der Waals surface area contributed by atoms with Crippen molar-refractivity contribution >= 4 is 33.8 Å². The van der Waals surface area contributed by atoms with Crippen molar-refractivity contribution in [1.82, 2.24) is 19.6 Å². The minimum atomic E-state index is 0.118. The summed E-state index contributed by atoms with van der Waals surface area (Å²) in [6.45, 7) is 2.02. The first-order valence-corrected chi connectivity index (χ1v) is 12.7. The predicted octanol–water partition coefficient (Wildman–Crippen LogP) is 6.22. The molecule has 0 bridgehead atoms. The summed E-state index contributed by atoms with van der Waals surface area (Å²) in [5.74, 6) is 2.67. The molecule has 0 atom stereocenters. The second kappa shape index (κ2) is 9.98. The molecule has 4 heterocycles. The zero-order valence-corrected chi connectivity index (χ0v) is 21.7. The first-order valence-electron chi connectivity index (χ1n) is 11.8. The molecule has 0 aliphatic heterocycles. The van der Waals surface area contributed by atoms with Gasteiger partial charge in [-0.15, -0.1) is 16.4 Å². The SMILES string of the molecule is COc1ccc(-c2oc3ncn4nc(CO/N=C(\C)c5cccs5)nc4c3c2-c2ccc(OC)cc2)cc1. The number of hydrogen-bond acceptors (Lipinski definition) is 9. The van der Waals surface area contributed by atoms with Gasteiger partial charge in [-0.1, -0.05) is 23.4 Å². The summed E-state index contributed by atoms with van der Waals surface area (Å²) < 4.78 is 18.7. The fourth-order valence-electron chi connectivity index (χ4n) is 4.20. The van der Waals surface area contributed by atoms with Crippen LogP contribution in [0.2, 0.25) is 0 Å². The highest BCUT2D eigenvalue weighted by Gasteiger charge is 2.23. The van der Waals surface area contributed by atoms with Crippen LogP contribution in [0.15, 0.2) is 81.9 Å². The Bertz CT molecular complexity index is 1740. The third-order valence-electron chi connectivity index (χ3n) is 6.08. The Labute approximate surface area is 221 Å². The zero-order chi connectivity index (χ0) is 26.1. The number of furan rings is 1. The van der Waals surface area contributed by atoms with Crippen LogP contribution in [0, 0.1) is 0 Å². The highest BCUT2D eigenvalue weighted by atomic mass is 32.1. The van der Waals surface area contributed by atoms with Crippen molar-refractivity contribution in [1.29, 1.82) is 0 Å². The third-order valence-corrected chi connectivity index (χ3v) is 7.06. The third kappa shape index (κ3) is 4.35. The van der Waals surface area contributed by atoms with E-state index in [0.29, 0.717) is 22.9 Å². The van der Waals surface area contributed by atoms with Crippen molar-refractivity contribution in [3.05, 3.63) is 83.1 Å². The topological polar surface area (TPSA) is 96.3 Å². The predicted molar refractivity (Wildman–Crippen MR) is 146 cm³/mol. The lowest BCUT2D eigenvalue weighted by molar-refractivity contribution is 0.125. The molecule has 0 amide bonds. The molecule has 0 saturated heterocycles. The van der Waals surface area contributed by atoms with E-state index in [4.69, 9.17) is 23.7 Å². The number of thiophene rings is 1. The van der Waals surface area contributed by atoms with Crippen molar-refractivity contribution in [2.45, 2.75) is 13.5 Å². The van der Waals surface area contributed by atoms with Gasteiger partial charge in [-0.25, -0.2) is 14.5 Å². The van der Waals surface area contributed by atoms with Crippen LogP contribution >= 0.6 is 11.3 Å². The van der Waals surface area contributed by atoms with Crippen molar-refractivity contribution < 1.29 is 18.7 Å². The standard InChI is InChI=1S/C28H23N5O4S/c1-17(22-5-4-14-38-22)32-36-15-23-30-27-25-24(18-6-10-20(34-2)11-7-18)26(19-8-12-21(35-3)13-9-19)37-28(25)29-16-33(27)31-23/h4-14,16H,15H2,1-3H3/b32-17+. The summed E-state index contributed by atoms with van der Waals surface area (Å²) in [7, 11) is 3.28. The number of oxime groups is 1. The number of methoxy groups -OCH3 is 2. The van der Waals surface area contributed by atoms with Crippen LogP contribution in [0.4, 0.5) is 0 Å². The Morgan fingerprint density at radius 3 is 2.34 bits per heavy atom. The number of fused-ring (bicyclic) bond motifs is 3. The Kier molecular flexibility index (Phi) is 6.22. The Morgan fingerprint density at radius 1 is 0.974 bits per heavy atom. The average Bonchev–Trinajstić information content (AvgIpc) is 3.71. The van der Waals surface area contributed by atoms with Gasteiger partial charge < -0.3 is 18.7 Å². The number of benzene rings is 2. The first-order chi connectivity index (χ1) is 18.6. The molecule has 0 aliphatic carbocycles. The number of rotatable bonds is 8. The molecular weight excluding hydrogens is 502 g/mol. The lowest BCUT2D eigenvalue weighted by atomic mass is 9.99. The van der Waals surface area contributed by atoms with Gasteiger partial charge in [0.1, 0.15) is 23.6 Å². The first kappa shape index (κ1) is 23.7. The monoisotopic (exact) mass is 525 g/mol. The second-order valence-corrected chi connectivity index (χ2v) is 9.36. The number of ether oxygens (including phenoxy) is 2. The second-order valence-electron chi connectivity index (χ2n) is 8.41. The van der Waals surface area contributed by atoms with Crippen LogP contribution in [-0.2, 0) is 11.4 Å². The fraction of sp³-hybridized carbons (Fsp3) is 0.143.